The van der Waals surface area contributed by atoms with Gasteiger partial charge in [0.05, 0.1) is 9.83 Å². The van der Waals surface area contributed by atoms with Crippen molar-refractivity contribution in [1.29, 1.82) is 0 Å². The summed E-state index contributed by atoms with van der Waals surface area (Å²) in [5.74, 6) is 1.58. The Morgan fingerprint density at radius 2 is 2.40 bits per heavy atom. The minimum absolute atomic E-state index is 0.264. The molecular weight excluding hydrogens is 294 g/mol. The molecule has 1 fully saturated rings. The van der Waals surface area contributed by atoms with Crippen LogP contribution in [0.15, 0.2) is 15.9 Å². The zero-order valence-corrected chi connectivity index (χ0v) is 11.8. The molecule has 1 aliphatic rings. The van der Waals surface area contributed by atoms with E-state index in [9.17, 15) is 4.21 Å². The number of halogens is 1. The van der Waals surface area contributed by atoms with Gasteiger partial charge in [0.2, 0.25) is 0 Å². The Kier molecular flexibility index (Phi) is 3.98. The molecule has 0 saturated carbocycles. The lowest BCUT2D eigenvalue weighted by atomic mass is 10.2. The monoisotopic (exact) mass is 307 g/mol. The van der Waals surface area contributed by atoms with Crippen LogP contribution < -0.4 is 5.32 Å². The molecule has 1 aromatic heterocycles. The molecule has 1 N–H and O–H groups in total. The van der Waals surface area contributed by atoms with Gasteiger partial charge in [-0.1, -0.05) is 0 Å². The van der Waals surface area contributed by atoms with Crippen LogP contribution in [0.2, 0.25) is 0 Å². The van der Waals surface area contributed by atoms with Crippen LogP contribution in [0.3, 0.4) is 0 Å². The van der Waals surface area contributed by atoms with Gasteiger partial charge in [-0.3, -0.25) is 4.21 Å². The lowest BCUT2D eigenvalue weighted by Gasteiger charge is -2.17. The Bertz CT molecular complexity index is 366. The van der Waals surface area contributed by atoms with Crippen molar-refractivity contribution in [3.63, 3.8) is 0 Å². The summed E-state index contributed by atoms with van der Waals surface area (Å²) >= 11 is 5.19. The highest BCUT2D eigenvalue weighted by Gasteiger charge is 2.22. The highest BCUT2D eigenvalue weighted by Crippen LogP contribution is 2.29. The first-order valence-electron chi connectivity index (χ1n) is 5.01. The van der Waals surface area contributed by atoms with Crippen molar-refractivity contribution in [3.05, 3.63) is 20.8 Å². The van der Waals surface area contributed by atoms with Crippen molar-refractivity contribution in [2.75, 3.05) is 11.5 Å². The quantitative estimate of drug-likeness (QED) is 0.864. The van der Waals surface area contributed by atoms with Crippen LogP contribution in [0.5, 0.6) is 0 Å². The van der Waals surface area contributed by atoms with Gasteiger partial charge in [0.15, 0.2) is 0 Å². The van der Waals surface area contributed by atoms with Crippen LogP contribution >= 0.6 is 27.3 Å². The standard InChI is InChI=1S/C10H14BrNOS2/c1-7-4-5-15(13)6-8(12-7)9-2-3-10(11)14-9/h2-3,7-8,12H,4-6H2,1H3. The maximum atomic E-state index is 11.7. The third-order valence-electron chi connectivity index (χ3n) is 2.55. The molecule has 1 aliphatic heterocycles. The van der Waals surface area contributed by atoms with Gasteiger partial charge in [0.25, 0.3) is 0 Å². The van der Waals surface area contributed by atoms with E-state index in [1.54, 1.807) is 11.3 Å². The number of hydrogen-bond acceptors (Lipinski definition) is 3. The zero-order valence-electron chi connectivity index (χ0n) is 8.53. The fourth-order valence-electron chi connectivity index (χ4n) is 1.73. The lowest BCUT2D eigenvalue weighted by molar-refractivity contribution is 0.489. The molecule has 0 bridgehead atoms. The first kappa shape index (κ1) is 11.8. The van der Waals surface area contributed by atoms with Crippen LogP contribution in [-0.2, 0) is 10.8 Å². The molecule has 1 aromatic rings. The second kappa shape index (κ2) is 5.08. The summed E-state index contributed by atoms with van der Waals surface area (Å²) in [5, 5.41) is 3.54. The molecule has 0 aromatic carbocycles. The molecule has 15 heavy (non-hydrogen) atoms. The highest BCUT2D eigenvalue weighted by molar-refractivity contribution is 9.11. The summed E-state index contributed by atoms with van der Waals surface area (Å²) in [5.41, 5.74) is 0. The largest absolute Gasteiger partial charge is 0.306 e. The SMILES string of the molecule is CC1CCS(=O)CC(c2ccc(Br)s2)N1. The van der Waals surface area contributed by atoms with Crippen molar-refractivity contribution < 1.29 is 4.21 Å². The highest BCUT2D eigenvalue weighted by atomic mass is 79.9. The van der Waals surface area contributed by atoms with E-state index in [2.05, 4.69) is 40.3 Å². The van der Waals surface area contributed by atoms with E-state index in [4.69, 9.17) is 0 Å². The Morgan fingerprint density at radius 1 is 1.60 bits per heavy atom. The Labute approximate surface area is 105 Å². The van der Waals surface area contributed by atoms with Crippen molar-refractivity contribution in [2.24, 2.45) is 0 Å². The molecule has 2 rings (SSSR count). The Balaban J connectivity index is 2.16. The molecule has 5 heteroatoms. The molecule has 0 spiro atoms. The van der Waals surface area contributed by atoms with Crippen molar-refractivity contribution >= 4 is 38.1 Å². The Hall–Kier alpha value is 0.290. The average molecular weight is 308 g/mol. The van der Waals surface area contributed by atoms with E-state index >= 15 is 0 Å². The van der Waals surface area contributed by atoms with Crippen LogP contribution in [0.1, 0.15) is 24.3 Å². The maximum Gasteiger partial charge on any atom is 0.0701 e. The summed E-state index contributed by atoms with van der Waals surface area (Å²) in [4.78, 5) is 1.28. The van der Waals surface area contributed by atoms with Crippen LogP contribution in [0, 0.1) is 0 Å². The second-order valence-electron chi connectivity index (χ2n) is 3.86. The summed E-state index contributed by atoms with van der Waals surface area (Å²) in [7, 11) is -0.671. The van der Waals surface area contributed by atoms with Crippen LogP contribution in [0.25, 0.3) is 0 Å². The van der Waals surface area contributed by atoms with Gasteiger partial charge in [-0.05, 0) is 41.4 Å². The molecule has 2 nitrogen and oxygen atoms in total. The molecule has 3 atom stereocenters. The van der Waals surface area contributed by atoms with E-state index < -0.39 is 10.8 Å². The molecule has 0 radical (unpaired) electrons. The predicted molar refractivity (Wildman–Crippen MR) is 69.9 cm³/mol. The third kappa shape index (κ3) is 3.12. The maximum absolute atomic E-state index is 11.7. The van der Waals surface area contributed by atoms with Gasteiger partial charge >= 0.3 is 0 Å². The number of hydrogen-bond donors (Lipinski definition) is 1. The summed E-state index contributed by atoms with van der Waals surface area (Å²) in [6, 6.07) is 4.89. The zero-order chi connectivity index (χ0) is 10.8. The summed E-state index contributed by atoms with van der Waals surface area (Å²) in [6.07, 6.45) is 1.01. The number of thiophene rings is 1. The average Bonchev–Trinajstić information content (AvgIpc) is 2.53. The van der Waals surface area contributed by atoms with Gasteiger partial charge < -0.3 is 5.32 Å². The van der Waals surface area contributed by atoms with Crippen molar-refractivity contribution in [3.8, 4) is 0 Å². The normalized spacial score (nSPS) is 32.5. The molecule has 3 unspecified atom stereocenters. The van der Waals surface area contributed by atoms with Crippen LogP contribution in [-0.4, -0.2) is 21.8 Å². The molecule has 2 heterocycles. The lowest BCUT2D eigenvalue weighted by Crippen LogP contribution is -2.30. The van der Waals surface area contributed by atoms with Gasteiger partial charge in [-0.2, -0.15) is 0 Å². The number of rotatable bonds is 1. The van der Waals surface area contributed by atoms with Gasteiger partial charge in [-0.15, -0.1) is 11.3 Å². The third-order valence-corrected chi connectivity index (χ3v) is 5.69. The van der Waals surface area contributed by atoms with Gasteiger partial charge in [0.1, 0.15) is 0 Å². The predicted octanol–water partition coefficient (Wildman–Crippen LogP) is 2.68. The van der Waals surface area contributed by atoms with Crippen molar-refractivity contribution in [2.45, 2.75) is 25.4 Å². The first-order valence-corrected chi connectivity index (χ1v) is 8.11. The topological polar surface area (TPSA) is 29.1 Å². The minimum atomic E-state index is -0.671. The molecule has 0 aliphatic carbocycles. The van der Waals surface area contributed by atoms with E-state index in [-0.39, 0.29) is 6.04 Å². The van der Waals surface area contributed by atoms with Crippen molar-refractivity contribution in [1.82, 2.24) is 5.32 Å². The molecule has 0 amide bonds. The van der Waals surface area contributed by atoms with E-state index in [1.807, 2.05) is 0 Å². The van der Waals surface area contributed by atoms with Gasteiger partial charge in [-0.25, -0.2) is 0 Å². The van der Waals surface area contributed by atoms with E-state index in [1.165, 1.54) is 4.88 Å². The smallest absolute Gasteiger partial charge is 0.0701 e. The molecule has 84 valence electrons. The molecule has 1 saturated heterocycles. The fraction of sp³-hybridized carbons (Fsp3) is 0.600. The van der Waals surface area contributed by atoms with E-state index in [0.29, 0.717) is 6.04 Å². The summed E-state index contributed by atoms with van der Waals surface area (Å²) < 4.78 is 12.8. The van der Waals surface area contributed by atoms with E-state index in [0.717, 1.165) is 21.7 Å². The first-order chi connectivity index (χ1) is 7.15. The van der Waals surface area contributed by atoms with Crippen LogP contribution in [0.4, 0.5) is 0 Å². The number of nitrogens with one attached hydrogen (secondary N) is 1. The minimum Gasteiger partial charge on any atom is -0.306 e. The summed E-state index contributed by atoms with van der Waals surface area (Å²) in [6.45, 7) is 2.16. The van der Waals surface area contributed by atoms with Gasteiger partial charge in [0, 0.05) is 33.2 Å². The second-order valence-corrected chi connectivity index (χ2v) is 7.98. The fourth-order valence-corrected chi connectivity index (χ4v) is 4.75. The molecular formula is C10H14BrNOS2. The Morgan fingerprint density at radius 3 is 3.07 bits per heavy atom.